The number of carbonyl (C=O) groups excluding carboxylic acids is 1. The zero-order valence-electron chi connectivity index (χ0n) is 15.4. The van der Waals surface area contributed by atoms with Crippen LogP contribution in [0, 0.1) is 13.8 Å². The highest BCUT2D eigenvalue weighted by molar-refractivity contribution is 7.92. The number of nitrogens with zero attached hydrogens (tertiary/aromatic N) is 2. The van der Waals surface area contributed by atoms with Crippen molar-refractivity contribution < 1.29 is 13.2 Å². The molecule has 7 heteroatoms. The first kappa shape index (κ1) is 20.3. The van der Waals surface area contributed by atoms with E-state index in [0.717, 1.165) is 21.8 Å². The van der Waals surface area contributed by atoms with Crippen molar-refractivity contribution in [2.24, 2.45) is 0 Å². The van der Waals surface area contributed by atoms with E-state index in [9.17, 15) is 13.2 Å². The lowest BCUT2D eigenvalue weighted by molar-refractivity contribution is -0.117. The first-order valence-electron chi connectivity index (χ1n) is 8.24. The summed E-state index contributed by atoms with van der Waals surface area (Å²) in [5, 5.41) is 0.515. The van der Waals surface area contributed by atoms with Crippen LogP contribution in [0.5, 0.6) is 0 Å². The van der Waals surface area contributed by atoms with Gasteiger partial charge in [-0.3, -0.25) is 9.10 Å². The molecule has 0 heterocycles. The van der Waals surface area contributed by atoms with Crippen LogP contribution in [0.15, 0.2) is 42.5 Å². The number of likely N-dealkylation sites (N-methyl/N-ethyl adjacent to an activating group) is 1. The molecule has 0 spiro atoms. The molecule has 0 aromatic heterocycles. The van der Waals surface area contributed by atoms with Crippen LogP contribution in [-0.2, 0) is 14.8 Å². The van der Waals surface area contributed by atoms with Crippen molar-refractivity contribution in [1.29, 1.82) is 0 Å². The van der Waals surface area contributed by atoms with E-state index in [1.54, 1.807) is 30.0 Å². The fraction of sp³-hybridized carbons (Fsp3) is 0.316. The van der Waals surface area contributed by atoms with Gasteiger partial charge in [0.25, 0.3) is 0 Å². The maximum atomic E-state index is 12.9. The van der Waals surface area contributed by atoms with Crippen LogP contribution in [0.4, 0.5) is 11.4 Å². The maximum Gasteiger partial charge on any atom is 0.247 e. The Hall–Kier alpha value is -2.05. The second kappa shape index (κ2) is 8.10. The maximum absolute atomic E-state index is 12.9. The van der Waals surface area contributed by atoms with Gasteiger partial charge in [-0.2, -0.15) is 0 Å². The van der Waals surface area contributed by atoms with Gasteiger partial charge < -0.3 is 4.90 Å². The highest BCUT2D eigenvalue weighted by Crippen LogP contribution is 2.26. The number of amides is 1. The third-order valence-electron chi connectivity index (χ3n) is 4.04. The van der Waals surface area contributed by atoms with Gasteiger partial charge in [0.2, 0.25) is 15.9 Å². The van der Waals surface area contributed by atoms with Crippen LogP contribution in [0.1, 0.15) is 18.1 Å². The first-order valence-corrected chi connectivity index (χ1v) is 10.5. The Labute approximate surface area is 160 Å². The monoisotopic (exact) mass is 394 g/mol. The van der Waals surface area contributed by atoms with Crippen LogP contribution < -0.4 is 9.21 Å². The molecule has 0 N–H and O–H groups in total. The molecule has 0 radical (unpaired) electrons. The molecule has 0 atom stereocenters. The highest BCUT2D eigenvalue weighted by atomic mass is 35.5. The normalized spacial score (nSPS) is 11.3. The van der Waals surface area contributed by atoms with Gasteiger partial charge in [-0.05, 0) is 62.2 Å². The fourth-order valence-corrected chi connectivity index (χ4v) is 3.92. The largest absolute Gasteiger partial charge is 0.311 e. The summed E-state index contributed by atoms with van der Waals surface area (Å²) in [6.45, 7) is 5.74. The van der Waals surface area contributed by atoms with Gasteiger partial charge in [0, 0.05) is 17.3 Å². The zero-order chi connectivity index (χ0) is 19.5. The lowest BCUT2D eigenvalue weighted by atomic mass is 10.2. The van der Waals surface area contributed by atoms with Gasteiger partial charge in [0.1, 0.15) is 6.54 Å². The summed E-state index contributed by atoms with van der Waals surface area (Å²) in [4.78, 5) is 14.5. The van der Waals surface area contributed by atoms with Crippen molar-refractivity contribution in [3.8, 4) is 0 Å². The molecular weight excluding hydrogens is 372 g/mol. The molecule has 2 aromatic carbocycles. The van der Waals surface area contributed by atoms with E-state index in [2.05, 4.69) is 0 Å². The van der Waals surface area contributed by atoms with E-state index < -0.39 is 10.0 Å². The Morgan fingerprint density at radius 2 is 1.81 bits per heavy atom. The van der Waals surface area contributed by atoms with Gasteiger partial charge >= 0.3 is 0 Å². The summed E-state index contributed by atoms with van der Waals surface area (Å²) >= 11 is 5.97. The average Bonchev–Trinajstić information content (AvgIpc) is 2.53. The molecule has 0 aliphatic heterocycles. The van der Waals surface area contributed by atoms with Crippen LogP contribution in [0.2, 0.25) is 5.02 Å². The fourth-order valence-electron chi connectivity index (χ4n) is 2.79. The molecular formula is C19H23ClN2O3S. The van der Waals surface area contributed by atoms with Crippen molar-refractivity contribution >= 4 is 38.9 Å². The minimum atomic E-state index is -3.64. The summed E-state index contributed by atoms with van der Waals surface area (Å²) in [5.41, 5.74) is 2.92. The summed E-state index contributed by atoms with van der Waals surface area (Å²) in [6, 6.07) is 12.5. The topological polar surface area (TPSA) is 57.7 Å². The quantitative estimate of drug-likeness (QED) is 0.749. The summed E-state index contributed by atoms with van der Waals surface area (Å²) in [7, 11) is -3.64. The van der Waals surface area contributed by atoms with Crippen molar-refractivity contribution in [3.05, 3.63) is 58.6 Å². The van der Waals surface area contributed by atoms with Crippen molar-refractivity contribution in [2.75, 3.05) is 28.6 Å². The van der Waals surface area contributed by atoms with Crippen LogP contribution in [-0.4, -0.2) is 33.7 Å². The number of aryl methyl sites for hydroxylation is 2. The Bertz CT molecular complexity index is 913. The Balaban J connectivity index is 2.37. The minimum absolute atomic E-state index is 0.275. The predicted octanol–water partition coefficient (Wildman–Crippen LogP) is 3.78. The van der Waals surface area contributed by atoms with E-state index in [-0.39, 0.29) is 12.5 Å². The van der Waals surface area contributed by atoms with Crippen LogP contribution >= 0.6 is 11.6 Å². The standard InChI is InChI=1S/C19H23ClN2O3S/c1-5-21(17-8-6-7-14(2)11-17)19(23)13-22(26(4,24)25)18-10-9-16(20)12-15(18)3/h6-12H,5,13H2,1-4H3. The highest BCUT2D eigenvalue weighted by Gasteiger charge is 2.25. The Morgan fingerprint density at radius 1 is 1.12 bits per heavy atom. The number of hydrogen-bond acceptors (Lipinski definition) is 3. The van der Waals surface area contributed by atoms with E-state index in [1.165, 1.54) is 0 Å². The second-order valence-electron chi connectivity index (χ2n) is 6.18. The third kappa shape index (κ3) is 4.77. The SMILES string of the molecule is CCN(C(=O)CN(c1ccc(Cl)cc1C)S(C)(=O)=O)c1cccc(C)c1. The molecule has 0 unspecified atom stereocenters. The van der Waals surface area contributed by atoms with E-state index in [0.29, 0.717) is 22.8 Å². The molecule has 140 valence electrons. The summed E-state index contributed by atoms with van der Waals surface area (Å²) < 4.78 is 25.8. The summed E-state index contributed by atoms with van der Waals surface area (Å²) in [5.74, 6) is -0.294. The number of rotatable bonds is 6. The van der Waals surface area contributed by atoms with E-state index >= 15 is 0 Å². The minimum Gasteiger partial charge on any atom is -0.311 e. The van der Waals surface area contributed by atoms with Gasteiger partial charge in [0.05, 0.1) is 11.9 Å². The average molecular weight is 395 g/mol. The number of carbonyl (C=O) groups is 1. The predicted molar refractivity (Wildman–Crippen MR) is 108 cm³/mol. The van der Waals surface area contributed by atoms with Gasteiger partial charge in [0.15, 0.2) is 0 Å². The lowest BCUT2D eigenvalue weighted by Crippen LogP contribution is -2.43. The van der Waals surface area contributed by atoms with Crippen molar-refractivity contribution in [1.82, 2.24) is 0 Å². The van der Waals surface area contributed by atoms with Gasteiger partial charge in [-0.15, -0.1) is 0 Å². The molecule has 26 heavy (non-hydrogen) atoms. The smallest absolute Gasteiger partial charge is 0.247 e. The number of sulfonamides is 1. The molecule has 0 aliphatic rings. The van der Waals surface area contributed by atoms with Crippen molar-refractivity contribution in [3.63, 3.8) is 0 Å². The molecule has 0 aliphatic carbocycles. The summed E-state index contributed by atoms with van der Waals surface area (Å²) in [6.07, 6.45) is 1.09. The Kier molecular flexibility index (Phi) is 6.31. The Morgan fingerprint density at radius 3 is 2.35 bits per heavy atom. The molecule has 5 nitrogen and oxygen atoms in total. The van der Waals surface area contributed by atoms with Crippen LogP contribution in [0.3, 0.4) is 0 Å². The molecule has 0 saturated carbocycles. The first-order chi connectivity index (χ1) is 12.1. The third-order valence-corrected chi connectivity index (χ3v) is 5.40. The van der Waals surface area contributed by atoms with Gasteiger partial charge in [-0.1, -0.05) is 23.7 Å². The number of benzene rings is 2. The molecule has 0 saturated heterocycles. The van der Waals surface area contributed by atoms with E-state index in [1.807, 2.05) is 38.1 Å². The number of hydrogen-bond donors (Lipinski definition) is 0. The molecule has 2 rings (SSSR count). The number of halogens is 1. The number of anilines is 2. The molecule has 1 amide bonds. The molecule has 0 bridgehead atoms. The molecule has 0 fully saturated rings. The van der Waals surface area contributed by atoms with E-state index in [4.69, 9.17) is 11.6 Å². The zero-order valence-corrected chi connectivity index (χ0v) is 16.9. The van der Waals surface area contributed by atoms with Crippen LogP contribution in [0.25, 0.3) is 0 Å². The molecule has 2 aromatic rings. The van der Waals surface area contributed by atoms with Crippen molar-refractivity contribution in [2.45, 2.75) is 20.8 Å². The second-order valence-corrected chi connectivity index (χ2v) is 8.52. The lowest BCUT2D eigenvalue weighted by Gasteiger charge is -2.28. The van der Waals surface area contributed by atoms with Gasteiger partial charge in [-0.25, -0.2) is 8.42 Å².